The van der Waals surface area contributed by atoms with Gasteiger partial charge in [-0.15, -0.1) is 0 Å². The third-order valence-corrected chi connectivity index (χ3v) is 7.51. The molecule has 0 radical (unpaired) electrons. The largest absolute Gasteiger partial charge is 0.508 e. The summed E-state index contributed by atoms with van der Waals surface area (Å²) in [7, 11) is -3.16. The Hall–Kier alpha value is -3.16. The summed E-state index contributed by atoms with van der Waals surface area (Å²) >= 11 is 0. The zero-order valence-electron chi connectivity index (χ0n) is 14.6. The van der Waals surface area contributed by atoms with Crippen LogP contribution in [0.2, 0.25) is 0 Å². The Morgan fingerprint density at radius 1 is 0.667 bits per heavy atom. The first-order valence-corrected chi connectivity index (χ1v) is 10.4. The molecule has 132 valence electrons. The van der Waals surface area contributed by atoms with Crippen LogP contribution in [0.5, 0.6) is 5.75 Å². The maximum Gasteiger partial charge on any atom is 0.189 e. The molecule has 27 heavy (non-hydrogen) atoms. The van der Waals surface area contributed by atoms with E-state index in [2.05, 4.69) is 4.98 Å². The van der Waals surface area contributed by atoms with Gasteiger partial charge in [0.1, 0.15) is 11.2 Å². The van der Waals surface area contributed by atoms with E-state index in [-0.39, 0.29) is 5.75 Å². The predicted octanol–water partition coefficient (Wildman–Crippen LogP) is 4.09. The van der Waals surface area contributed by atoms with Crippen molar-refractivity contribution in [1.82, 2.24) is 4.98 Å². The van der Waals surface area contributed by atoms with Crippen LogP contribution in [0.15, 0.2) is 103 Å². The lowest BCUT2D eigenvalue weighted by Crippen LogP contribution is -2.28. The van der Waals surface area contributed by atoms with Crippen molar-refractivity contribution in [2.24, 2.45) is 0 Å². The normalized spacial score (nSPS) is 11.3. The molecule has 0 unspecified atom stereocenters. The first-order chi connectivity index (χ1) is 13.2. The van der Waals surface area contributed by atoms with E-state index in [0.29, 0.717) is 5.44 Å². The van der Waals surface area contributed by atoms with Crippen LogP contribution < -0.4 is 16.0 Å². The van der Waals surface area contributed by atoms with Crippen molar-refractivity contribution in [1.29, 1.82) is 0 Å². The molecule has 0 aliphatic carbocycles. The lowest BCUT2D eigenvalue weighted by molar-refractivity contribution is 0.475. The van der Waals surface area contributed by atoms with Gasteiger partial charge in [0, 0.05) is 22.4 Å². The molecule has 4 rings (SSSR count). The molecule has 4 aromatic rings. The molecular formula is C23H18NO2P. The topological polar surface area (TPSA) is 50.2 Å². The number of hydrogen-bond donors (Lipinski definition) is 1. The fourth-order valence-corrected chi connectivity index (χ4v) is 5.93. The Morgan fingerprint density at radius 3 is 1.78 bits per heavy atom. The van der Waals surface area contributed by atoms with Gasteiger partial charge in [-0.25, -0.2) is 0 Å². The lowest BCUT2D eigenvalue weighted by Gasteiger charge is -2.21. The molecule has 0 bridgehead atoms. The van der Waals surface area contributed by atoms with Gasteiger partial charge in [-0.05, 0) is 23.8 Å². The highest BCUT2D eigenvalue weighted by molar-refractivity contribution is 7.85. The van der Waals surface area contributed by atoms with Gasteiger partial charge in [-0.2, -0.15) is 0 Å². The molecule has 0 aliphatic rings. The maximum absolute atomic E-state index is 14.6. The molecule has 0 aliphatic heterocycles. The summed E-state index contributed by atoms with van der Waals surface area (Å²) in [5.74, 6) is 0.193. The van der Waals surface area contributed by atoms with Gasteiger partial charge in [0.2, 0.25) is 0 Å². The SMILES string of the molecule is O=P(c1ccccc1)(c1ccccc1)c1ncccc1-c1ccc(O)cc1. The number of aromatic nitrogens is 1. The third kappa shape index (κ3) is 3.18. The fraction of sp³-hybridized carbons (Fsp3) is 0. The number of rotatable bonds is 4. The van der Waals surface area contributed by atoms with Crippen LogP contribution in [-0.2, 0) is 4.57 Å². The van der Waals surface area contributed by atoms with E-state index in [0.717, 1.165) is 21.7 Å². The first-order valence-electron chi connectivity index (χ1n) is 8.66. The van der Waals surface area contributed by atoms with E-state index >= 15 is 0 Å². The predicted molar refractivity (Wildman–Crippen MR) is 111 cm³/mol. The van der Waals surface area contributed by atoms with Crippen LogP contribution in [0.3, 0.4) is 0 Å². The van der Waals surface area contributed by atoms with Crippen LogP contribution in [0.4, 0.5) is 0 Å². The van der Waals surface area contributed by atoms with E-state index in [1.54, 1.807) is 18.3 Å². The Kier molecular flexibility index (Phi) is 4.62. The summed E-state index contributed by atoms with van der Waals surface area (Å²) < 4.78 is 14.6. The minimum atomic E-state index is -3.16. The van der Waals surface area contributed by atoms with Crippen LogP contribution in [-0.4, -0.2) is 10.1 Å². The van der Waals surface area contributed by atoms with Crippen molar-refractivity contribution in [2.75, 3.05) is 0 Å². The first kappa shape index (κ1) is 17.3. The van der Waals surface area contributed by atoms with Gasteiger partial charge in [0.05, 0.1) is 0 Å². The molecule has 3 nitrogen and oxygen atoms in total. The summed E-state index contributed by atoms with van der Waals surface area (Å²) in [6.45, 7) is 0. The second-order valence-electron chi connectivity index (χ2n) is 6.20. The average Bonchev–Trinajstić information content (AvgIpc) is 2.75. The molecule has 3 aromatic carbocycles. The number of benzene rings is 3. The molecule has 1 N–H and O–H groups in total. The Balaban J connectivity index is 2.01. The molecule has 0 amide bonds. The van der Waals surface area contributed by atoms with Crippen molar-refractivity contribution in [3.05, 3.63) is 103 Å². The van der Waals surface area contributed by atoms with E-state index in [1.165, 1.54) is 0 Å². The molecular weight excluding hydrogens is 353 g/mol. The smallest absolute Gasteiger partial charge is 0.189 e. The summed E-state index contributed by atoms with van der Waals surface area (Å²) in [5.41, 5.74) is 2.21. The maximum atomic E-state index is 14.6. The number of aromatic hydroxyl groups is 1. The van der Waals surface area contributed by atoms with E-state index in [1.807, 2.05) is 84.9 Å². The molecule has 0 atom stereocenters. The Bertz CT molecular complexity index is 1050. The Labute approximate surface area is 158 Å². The van der Waals surface area contributed by atoms with Crippen molar-refractivity contribution >= 4 is 23.2 Å². The van der Waals surface area contributed by atoms with Crippen molar-refractivity contribution in [2.45, 2.75) is 0 Å². The van der Waals surface area contributed by atoms with Crippen LogP contribution >= 0.6 is 7.14 Å². The van der Waals surface area contributed by atoms with E-state index < -0.39 is 7.14 Å². The second-order valence-corrected chi connectivity index (χ2v) is 8.88. The molecule has 1 aromatic heterocycles. The zero-order chi connectivity index (χ0) is 18.7. The van der Waals surface area contributed by atoms with E-state index in [9.17, 15) is 9.67 Å². The number of pyridine rings is 1. The standard InChI is InChI=1S/C23H18NO2P/c25-19-15-13-18(14-16-19)22-12-7-17-24-23(22)27(26,20-8-3-1-4-9-20)21-10-5-2-6-11-21/h1-17,25H. The highest BCUT2D eigenvalue weighted by atomic mass is 31.2. The summed E-state index contributed by atoms with van der Waals surface area (Å²) in [6.07, 6.45) is 1.68. The van der Waals surface area contributed by atoms with Gasteiger partial charge in [0.25, 0.3) is 0 Å². The highest BCUT2D eigenvalue weighted by Crippen LogP contribution is 2.44. The molecule has 0 fully saturated rings. The van der Waals surface area contributed by atoms with Gasteiger partial charge < -0.3 is 9.67 Å². The quantitative estimate of drug-likeness (QED) is 0.550. The number of phenols is 1. The van der Waals surface area contributed by atoms with Crippen LogP contribution in [0, 0.1) is 0 Å². The van der Waals surface area contributed by atoms with Crippen molar-refractivity contribution in [3.63, 3.8) is 0 Å². The molecule has 0 saturated heterocycles. The molecule has 1 heterocycles. The highest BCUT2D eigenvalue weighted by Gasteiger charge is 2.33. The number of nitrogens with zero attached hydrogens (tertiary/aromatic N) is 1. The van der Waals surface area contributed by atoms with Gasteiger partial charge >= 0.3 is 0 Å². The monoisotopic (exact) mass is 371 g/mol. The minimum absolute atomic E-state index is 0.193. The lowest BCUT2D eigenvalue weighted by atomic mass is 10.1. The number of hydrogen-bond acceptors (Lipinski definition) is 3. The molecule has 4 heteroatoms. The van der Waals surface area contributed by atoms with Crippen LogP contribution in [0.1, 0.15) is 0 Å². The fourth-order valence-electron chi connectivity index (χ4n) is 3.18. The molecule has 0 spiro atoms. The van der Waals surface area contributed by atoms with Gasteiger partial charge in [-0.1, -0.05) is 78.9 Å². The minimum Gasteiger partial charge on any atom is -0.508 e. The van der Waals surface area contributed by atoms with Crippen LogP contribution in [0.25, 0.3) is 11.1 Å². The van der Waals surface area contributed by atoms with Crippen molar-refractivity contribution in [3.8, 4) is 16.9 Å². The zero-order valence-corrected chi connectivity index (χ0v) is 15.5. The average molecular weight is 371 g/mol. The summed E-state index contributed by atoms with van der Waals surface area (Å²) in [4.78, 5) is 4.58. The second kappa shape index (κ2) is 7.22. The summed E-state index contributed by atoms with van der Waals surface area (Å²) in [6, 6.07) is 29.6. The van der Waals surface area contributed by atoms with Gasteiger partial charge in [-0.3, -0.25) is 4.98 Å². The third-order valence-electron chi connectivity index (χ3n) is 4.50. The van der Waals surface area contributed by atoms with E-state index in [4.69, 9.17) is 0 Å². The number of phenolic OH excluding ortho intramolecular Hbond substituents is 1. The molecule has 0 saturated carbocycles. The summed E-state index contributed by atoms with van der Waals surface area (Å²) in [5, 5.41) is 11.1. The van der Waals surface area contributed by atoms with Crippen molar-refractivity contribution < 1.29 is 9.67 Å². The Morgan fingerprint density at radius 2 is 1.22 bits per heavy atom. The van der Waals surface area contributed by atoms with Gasteiger partial charge in [0.15, 0.2) is 7.14 Å².